The zero-order chi connectivity index (χ0) is 14.3. The highest BCUT2D eigenvalue weighted by Gasteiger charge is 2.30. The van der Waals surface area contributed by atoms with E-state index in [0.717, 1.165) is 0 Å². The molecule has 8 nitrogen and oxygen atoms in total. The molecule has 3 rings (SSSR count). The van der Waals surface area contributed by atoms with Gasteiger partial charge in [-0.2, -0.15) is 4.98 Å². The largest absolute Gasteiger partial charge is 0.424 e. The summed E-state index contributed by atoms with van der Waals surface area (Å²) in [4.78, 5) is 27.7. The molecule has 1 aromatic carbocycles. The SMILES string of the molecule is CN1CCC(Nc2nc3cc([N+](=O)[O-])ccc3o2)C1=O. The highest BCUT2D eigenvalue weighted by atomic mass is 16.6. The van der Waals surface area contributed by atoms with Crippen LogP contribution in [0.1, 0.15) is 6.42 Å². The summed E-state index contributed by atoms with van der Waals surface area (Å²) in [6, 6.07) is 4.03. The van der Waals surface area contributed by atoms with Crippen molar-refractivity contribution in [3.63, 3.8) is 0 Å². The van der Waals surface area contributed by atoms with Gasteiger partial charge in [0, 0.05) is 25.7 Å². The average molecular weight is 276 g/mol. The summed E-state index contributed by atoms with van der Waals surface area (Å²) < 4.78 is 5.43. The Hall–Kier alpha value is -2.64. The van der Waals surface area contributed by atoms with Crippen molar-refractivity contribution in [2.24, 2.45) is 0 Å². The van der Waals surface area contributed by atoms with E-state index >= 15 is 0 Å². The lowest BCUT2D eigenvalue weighted by atomic mass is 10.2. The van der Waals surface area contributed by atoms with Crippen molar-refractivity contribution in [1.29, 1.82) is 0 Å². The number of amides is 1. The van der Waals surface area contributed by atoms with E-state index in [-0.39, 0.29) is 23.7 Å². The number of likely N-dealkylation sites (N-methyl/N-ethyl adjacent to an activating group) is 1. The molecule has 20 heavy (non-hydrogen) atoms. The lowest BCUT2D eigenvalue weighted by Crippen LogP contribution is -2.30. The fourth-order valence-corrected chi connectivity index (χ4v) is 2.20. The molecule has 2 heterocycles. The Bertz CT molecular complexity index is 696. The molecule has 1 amide bonds. The van der Waals surface area contributed by atoms with Gasteiger partial charge in [-0.05, 0) is 12.5 Å². The van der Waals surface area contributed by atoms with Crippen molar-refractivity contribution in [2.45, 2.75) is 12.5 Å². The van der Waals surface area contributed by atoms with Crippen LogP contribution in [-0.2, 0) is 4.79 Å². The van der Waals surface area contributed by atoms with E-state index in [2.05, 4.69) is 10.3 Å². The molecule has 1 atom stereocenters. The van der Waals surface area contributed by atoms with Crippen LogP contribution in [0.25, 0.3) is 11.1 Å². The van der Waals surface area contributed by atoms with Gasteiger partial charge in [-0.15, -0.1) is 0 Å². The molecular formula is C12H12N4O4. The Labute approximate surface area is 113 Å². The van der Waals surface area contributed by atoms with Gasteiger partial charge in [-0.25, -0.2) is 0 Å². The van der Waals surface area contributed by atoms with Crippen molar-refractivity contribution in [2.75, 3.05) is 18.9 Å². The molecule has 1 saturated heterocycles. The highest BCUT2D eigenvalue weighted by molar-refractivity contribution is 5.86. The molecule has 0 aliphatic carbocycles. The Kier molecular flexibility index (Phi) is 2.78. The zero-order valence-electron chi connectivity index (χ0n) is 10.7. The van der Waals surface area contributed by atoms with Crippen molar-refractivity contribution in [3.05, 3.63) is 28.3 Å². The van der Waals surface area contributed by atoms with Gasteiger partial charge in [0.25, 0.3) is 11.7 Å². The average Bonchev–Trinajstić information content (AvgIpc) is 2.95. The van der Waals surface area contributed by atoms with Crippen LogP contribution in [0.5, 0.6) is 0 Å². The van der Waals surface area contributed by atoms with Gasteiger partial charge in [0.2, 0.25) is 5.91 Å². The third-order valence-electron chi connectivity index (χ3n) is 3.31. The summed E-state index contributed by atoms with van der Waals surface area (Å²) in [5, 5.41) is 13.6. The third kappa shape index (κ3) is 2.04. The predicted molar refractivity (Wildman–Crippen MR) is 70.3 cm³/mol. The Morgan fingerprint density at radius 2 is 2.35 bits per heavy atom. The number of non-ortho nitro benzene ring substituents is 1. The maximum atomic E-state index is 11.8. The number of carbonyl (C=O) groups is 1. The summed E-state index contributed by atoms with van der Waals surface area (Å²) in [7, 11) is 1.74. The molecule has 2 aromatic rings. The number of hydrogen-bond acceptors (Lipinski definition) is 6. The van der Waals surface area contributed by atoms with Gasteiger partial charge < -0.3 is 14.6 Å². The number of oxazole rings is 1. The molecule has 104 valence electrons. The van der Waals surface area contributed by atoms with Crippen LogP contribution < -0.4 is 5.32 Å². The van der Waals surface area contributed by atoms with Gasteiger partial charge in [0.05, 0.1) is 4.92 Å². The van der Waals surface area contributed by atoms with Crippen LogP contribution in [0.15, 0.2) is 22.6 Å². The van der Waals surface area contributed by atoms with E-state index in [1.165, 1.54) is 18.2 Å². The molecule has 1 aromatic heterocycles. The van der Waals surface area contributed by atoms with E-state index in [1.807, 2.05) is 0 Å². The fraction of sp³-hybridized carbons (Fsp3) is 0.333. The van der Waals surface area contributed by atoms with Crippen LogP contribution in [0.3, 0.4) is 0 Å². The first-order chi connectivity index (χ1) is 9.54. The number of nitro groups is 1. The van der Waals surface area contributed by atoms with Crippen LogP contribution in [0, 0.1) is 10.1 Å². The zero-order valence-corrected chi connectivity index (χ0v) is 10.7. The molecule has 0 spiro atoms. The first-order valence-electron chi connectivity index (χ1n) is 6.11. The van der Waals surface area contributed by atoms with E-state index < -0.39 is 4.92 Å². The van der Waals surface area contributed by atoms with E-state index in [9.17, 15) is 14.9 Å². The van der Waals surface area contributed by atoms with Gasteiger partial charge in [0.15, 0.2) is 5.58 Å². The van der Waals surface area contributed by atoms with Gasteiger partial charge >= 0.3 is 0 Å². The molecule has 1 unspecified atom stereocenters. The summed E-state index contributed by atoms with van der Waals surface area (Å²) in [5.74, 6) is -0.0155. The smallest absolute Gasteiger partial charge is 0.296 e. The number of benzene rings is 1. The first-order valence-corrected chi connectivity index (χ1v) is 6.11. The minimum absolute atomic E-state index is 0.0155. The summed E-state index contributed by atoms with van der Waals surface area (Å²) in [5.41, 5.74) is 0.784. The molecule has 8 heteroatoms. The van der Waals surface area contributed by atoms with E-state index in [4.69, 9.17) is 4.42 Å². The number of nitro benzene ring substituents is 1. The third-order valence-corrected chi connectivity index (χ3v) is 3.31. The second-order valence-electron chi connectivity index (χ2n) is 4.67. The number of carbonyl (C=O) groups excluding carboxylic acids is 1. The van der Waals surface area contributed by atoms with Crippen molar-refractivity contribution >= 4 is 28.7 Å². The molecule has 1 N–H and O–H groups in total. The van der Waals surface area contributed by atoms with Crippen LogP contribution in [0.2, 0.25) is 0 Å². The molecule has 0 radical (unpaired) electrons. The number of hydrogen-bond donors (Lipinski definition) is 1. The van der Waals surface area contributed by atoms with Gasteiger partial charge in [0.1, 0.15) is 11.6 Å². The minimum Gasteiger partial charge on any atom is -0.424 e. The number of nitrogens with zero attached hydrogens (tertiary/aromatic N) is 3. The van der Waals surface area contributed by atoms with E-state index in [1.54, 1.807) is 11.9 Å². The standard InChI is InChI=1S/C12H12N4O4/c1-15-5-4-8(11(15)17)13-12-14-9-6-7(16(18)19)2-3-10(9)20-12/h2-3,6,8H,4-5H2,1H3,(H,13,14). The number of aromatic nitrogens is 1. The Morgan fingerprint density at radius 3 is 3.00 bits per heavy atom. The van der Waals surface area contributed by atoms with Crippen LogP contribution in [0.4, 0.5) is 11.7 Å². The van der Waals surface area contributed by atoms with Crippen molar-refractivity contribution < 1.29 is 14.1 Å². The highest BCUT2D eigenvalue weighted by Crippen LogP contribution is 2.24. The first kappa shape index (κ1) is 12.4. The molecule has 1 aliphatic heterocycles. The van der Waals surface area contributed by atoms with Gasteiger partial charge in [-0.1, -0.05) is 0 Å². The van der Waals surface area contributed by atoms with Crippen LogP contribution in [-0.4, -0.2) is 40.3 Å². The molecule has 0 bridgehead atoms. The number of rotatable bonds is 3. The number of anilines is 1. The normalized spacial score (nSPS) is 18.8. The maximum Gasteiger partial charge on any atom is 0.296 e. The molecular weight excluding hydrogens is 264 g/mol. The second kappa shape index (κ2) is 4.48. The van der Waals surface area contributed by atoms with E-state index in [0.29, 0.717) is 24.1 Å². The van der Waals surface area contributed by atoms with Crippen LogP contribution >= 0.6 is 0 Å². The Balaban J connectivity index is 1.86. The van der Waals surface area contributed by atoms with Crippen molar-refractivity contribution in [1.82, 2.24) is 9.88 Å². The monoisotopic (exact) mass is 276 g/mol. The lowest BCUT2D eigenvalue weighted by molar-refractivity contribution is -0.384. The molecule has 1 aliphatic rings. The summed E-state index contributed by atoms with van der Waals surface area (Å²) in [6.07, 6.45) is 0.675. The fourth-order valence-electron chi connectivity index (χ4n) is 2.20. The Morgan fingerprint density at radius 1 is 1.55 bits per heavy atom. The number of fused-ring (bicyclic) bond motifs is 1. The maximum absolute atomic E-state index is 11.8. The predicted octanol–water partition coefficient (Wildman–Crippen LogP) is 1.38. The minimum atomic E-state index is -0.489. The number of nitrogens with one attached hydrogen (secondary N) is 1. The van der Waals surface area contributed by atoms with Gasteiger partial charge in [-0.3, -0.25) is 14.9 Å². The lowest BCUT2D eigenvalue weighted by Gasteiger charge is -2.09. The quantitative estimate of drug-likeness (QED) is 0.671. The summed E-state index contributed by atoms with van der Waals surface area (Å²) >= 11 is 0. The summed E-state index contributed by atoms with van der Waals surface area (Å²) in [6.45, 7) is 0.683. The molecule has 1 fully saturated rings. The second-order valence-corrected chi connectivity index (χ2v) is 4.67. The van der Waals surface area contributed by atoms with Crippen molar-refractivity contribution in [3.8, 4) is 0 Å². The molecule has 0 saturated carbocycles. The topological polar surface area (TPSA) is 102 Å². The number of likely N-dealkylation sites (tertiary alicyclic amines) is 1.